The molecule has 1 aliphatic rings. The first-order chi connectivity index (χ1) is 13.0. The van der Waals surface area contributed by atoms with Crippen molar-refractivity contribution in [1.29, 1.82) is 0 Å². The minimum atomic E-state index is -0.806. The molecule has 0 radical (unpaired) electrons. The van der Waals surface area contributed by atoms with E-state index >= 15 is 0 Å². The number of rotatable bonds is 7. The fourth-order valence-corrected chi connectivity index (χ4v) is 3.61. The van der Waals surface area contributed by atoms with Crippen molar-refractivity contribution < 1.29 is 9.53 Å². The summed E-state index contributed by atoms with van der Waals surface area (Å²) in [6, 6.07) is 10.4. The van der Waals surface area contributed by atoms with Crippen LogP contribution in [-0.2, 0) is 18.3 Å². The summed E-state index contributed by atoms with van der Waals surface area (Å²) >= 11 is 4.79. The van der Waals surface area contributed by atoms with Gasteiger partial charge in [0.05, 0.1) is 0 Å². The molecule has 1 unspecified atom stereocenters. The maximum Gasteiger partial charge on any atom is 0.158 e. The van der Waals surface area contributed by atoms with Crippen LogP contribution in [0.3, 0.4) is 0 Å². The van der Waals surface area contributed by atoms with Crippen LogP contribution in [0.4, 0.5) is 0 Å². The Labute approximate surface area is 173 Å². The number of hydrogen-bond acceptors (Lipinski definition) is 3. The van der Waals surface area contributed by atoms with E-state index in [1.165, 1.54) is 22.4 Å². The van der Waals surface area contributed by atoms with Gasteiger partial charge in [0, 0.05) is 37.2 Å². The van der Waals surface area contributed by atoms with Gasteiger partial charge in [-0.2, -0.15) is 0 Å². The number of aryl methyl sites for hydroxylation is 1. The van der Waals surface area contributed by atoms with Gasteiger partial charge >= 0.3 is 0 Å². The Morgan fingerprint density at radius 1 is 1.29 bits per heavy atom. The molecule has 0 fully saturated rings. The van der Waals surface area contributed by atoms with Gasteiger partial charge in [0.2, 0.25) is 0 Å². The Morgan fingerprint density at radius 3 is 2.61 bits per heavy atom. The molecule has 0 N–H and O–H groups in total. The number of fused-ring (bicyclic) bond motifs is 1. The van der Waals surface area contributed by atoms with Gasteiger partial charge < -0.3 is 9.30 Å². The highest BCUT2D eigenvalue weighted by Gasteiger charge is 2.42. The number of carbonyl (C=O) groups is 1. The van der Waals surface area contributed by atoms with Crippen molar-refractivity contribution in [2.24, 2.45) is 12.5 Å². The minimum absolute atomic E-state index is 0.0410. The fraction of sp³-hybridized carbons (Fsp3) is 0.375. The standard InChI is InChI=1S/C24H29NO2S/c1-16(2)22(26)15-23(3,4)24(5,28)27-20-10-9-17-12-19(13-18(17)14-20)21-8-7-11-25(21)6/h7-12,14,28H,1,13,15H2,2-6H3. The number of allylic oxidation sites excluding steroid dienone is 2. The molecule has 2 aromatic rings. The summed E-state index contributed by atoms with van der Waals surface area (Å²) in [6.07, 6.45) is 5.52. The van der Waals surface area contributed by atoms with Crippen LogP contribution in [-0.4, -0.2) is 15.3 Å². The molecular weight excluding hydrogens is 366 g/mol. The van der Waals surface area contributed by atoms with Crippen LogP contribution in [0.25, 0.3) is 11.6 Å². The summed E-state index contributed by atoms with van der Waals surface area (Å²) in [4.78, 5) is 11.4. The second-order valence-electron chi connectivity index (χ2n) is 8.56. The van der Waals surface area contributed by atoms with Crippen LogP contribution < -0.4 is 4.74 Å². The summed E-state index contributed by atoms with van der Waals surface area (Å²) in [5, 5.41) is 0. The number of thiol groups is 1. The zero-order valence-corrected chi connectivity index (χ0v) is 18.3. The molecule has 0 aliphatic heterocycles. The third-order valence-electron chi connectivity index (χ3n) is 5.75. The second-order valence-corrected chi connectivity index (χ2v) is 9.41. The van der Waals surface area contributed by atoms with Crippen LogP contribution in [0.5, 0.6) is 5.75 Å². The van der Waals surface area contributed by atoms with Crippen LogP contribution in [0.2, 0.25) is 0 Å². The largest absolute Gasteiger partial charge is 0.477 e. The van der Waals surface area contributed by atoms with E-state index in [9.17, 15) is 4.79 Å². The van der Waals surface area contributed by atoms with E-state index < -0.39 is 10.3 Å². The summed E-state index contributed by atoms with van der Waals surface area (Å²) in [5.74, 6) is 0.813. The maximum atomic E-state index is 12.2. The number of ketones is 1. The highest BCUT2D eigenvalue weighted by Crippen LogP contribution is 2.42. The third-order valence-corrected chi connectivity index (χ3v) is 6.45. The van der Waals surface area contributed by atoms with Gasteiger partial charge in [-0.1, -0.05) is 26.5 Å². The van der Waals surface area contributed by atoms with Crippen molar-refractivity contribution >= 4 is 30.1 Å². The van der Waals surface area contributed by atoms with Gasteiger partial charge in [0.25, 0.3) is 0 Å². The van der Waals surface area contributed by atoms with E-state index in [0.29, 0.717) is 12.0 Å². The van der Waals surface area contributed by atoms with E-state index in [-0.39, 0.29) is 5.78 Å². The molecule has 0 amide bonds. The van der Waals surface area contributed by atoms with Crippen LogP contribution in [0.1, 0.15) is 50.9 Å². The third kappa shape index (κ3) is 3.97. The van der Waals surface area contributed by atoms with Crippen LogP contribution in [0, 0.1) is 5.41 Å². The number of Topliss-reactive ketones (excluding diaryl/α,β-unsaturated/α-hetero) is 1. The highest BCUT2D eigenvalue weighted by atomic mass is 32.1. The number of aromatic nitrogens is 1. The average molecular weight is 396 g/mol. The number of carbonyl (C=O) groups excluding carboxylic acids is 1. The van der Waals surface area contributed by atoms with E-state index in [0.717, 1.165) is 12.2 Å². The lowest BCUT2D eigenvalue weighted by Crippen LogP contribution is -2.43. The SMILES string of the molecule is C=C(C)C(=O)CC(C)(C)C(C)(S)Oc1ccc2c(c1)CC(c1cccn1C)=C2. The van der Waals surface area contributed by atoms with E-state index in [1.807, 2.05) is 26.8 Å². The molecular formula is C24H29NO2S. The topological polar surface area (TPSA) is 31.2 Å². The monoisotopic (exact) mass is 395 g/mol. The van der Waals surface area contributed by atoms with Gasteiger partial charge in [-0.3, -0.25) is 4.79 Å². The molecule has 0 bridgehead atoms. The predicted octanol–water partition coefficient (Wildman–Crippen LogP) is 5.71. The second kappa shape index (κ2) is 7.32. The Hall–Kier alpha value is -2.20. The number of nitrogens with zero attached hydrogens (tertiary/aromatic N) is 1. The van der Waals surface area contributed by atoms with Crippen molar-refractivity contribution in [2.45, 2.75) is 45.5 Å². The summed E-state index contributed by atoms with van der Waals surface area (Å²) in [6.45, 7) is 11.4. The molecule has 3 nitrogen and oxygen atoms in total. The lowest BCUT2D eigenvalue weighted by Gasteiger charge is -2.40. The Kier molecular flexibility index (Phi) is 5.37. The number of ether oxygens (including phenoxy) is 1. The molecule has 4 heteroatoms. The zero-order chi connectivity index (χ0) is 20.7. The van der Waals surface area contributed by atoms with Crippen molar-refractivity contribution in [1.82, 2.24) is 4.57 Å². The normalized spacial score (nSPS) is 15.6. The first-order valence-electron chi connectivity index (χ1n) is 9.55. The molecule has 0 spiro atoms. The molecule has 0 saturated carbocycles. The molecule has 1 heterocycles. The molecule has 1 aliphatic carbocycles. The molecule has 148 valence electrons. The van der Waals surface area contributed by atoms with Crippen molar-refractivity contribution in [2.75, 3.05) is 0 Å². The first kappa shape index (κ1) is 20.5. The van der Waals surface area contributed by atoms with Gasteiger partial charge in [-0.25, -0.2) is 0 Å². The lowest BCUT2D eigenvalue weighted by molar-refractivity contribution is -0.119. The molecule has 3 rings (SSSR count). The van der Waals surface area contributed by atoms with Gasteiger partial charge in [0.1, 0.15) is 5.75 Å². The summed E-state index contributed by atoms with van der Waals surface area (Å²) in [5.41, 5.74) is 5.11. The quantitative estimate of drug-likeness (QED) is 0.370. The average Bonchev–Trinajstić information content (AvgIpc) is 3.18. The minimum Gasteiger partial charge on any atom is -0.477 e. The van der Waals surface area contributed by atoms with Crippen molar-refractivity contribution in [3.63, 3.8) is 0 Å². The van der Waals surface area contributed by atoms with Crippen molar-refractivity contribution in [3.05, 3.63) is 65.5 Å². The van der Waals surface area contributed by atoms with Gasteiger partial charge in [-0.15, -0.1) is 12.6 Å². The Balaban J connectivity index is 1.77. The zero-order valence-electron chi connectivity index (χ0n) is 17.4. The van der Waals surface area contributed by atoms with Crippen LogP contribution in [0.15, 0.2) is 48.7 Å². The van der Waals surface area contributed by atoms with Crippen molar-refractivity contribution in [3.8, 4) is 5.75 Å². The highest BCUT2D eigenvalue weighted by molar-refractivity contribution is 7.81. The molecule has 1 aromatic carbocycles. The number of hydrogen-bond donors (Lipinski definition) is 1. The molecule has 28 heavy (non-hydrogen) atoms. The summed E-state index contributed by atoms with van der Waals surface area (Å²) in [7, 11) is 2.06. The lowest BCUT2D eigenvalue weighted by atomic mass is 9.80. The smallest absolute Gasteiger partial charge is 0.158 e. The van der Waals surface area contributed by atoms with Gasteiger partial charge in [-0.05, 0) is 66.5 Å². The first-order valence-corrected chi connectivity index (χ1v) is 10.0. The Bertz CT molecular complexity index is 963. The van der Waals surface area contributed by atoms with Crippen LogP contribution >= 0.6 is 12.6 Å². The number of benzene rings is 1. The molecule has 1 atom stereocenters. The predicted molar refractivity (Wildman–Crippen MR) is 120 cm³/mol. The maximum absolute atomic E-state index is 12.2. The summed E-state index contributed by atoms with van der Waals surface area (Å²) < 4.78 is 8.42. The fourth-order valence-electron chi connectivity index (χ4n) is 3.43. The van der Waals surface area contributed by atoms with Gasteiger partial charge in [0.15, 0.2) is 10.7 Å². The van der Waals surface area contributed by atoms with E-state index in [4.69, 9.17) is 17.4 Å². The molecule has 1 aromatic heterocycles. The molecule has 0 saturated heterocycles. The van der Waals surface area contributed by atoms with E-state index in [2.05, 4.69) is 54.7 Å². The Morgan fingerprint density at radius 2 is 2.00 bits per heavy atom. The van der Waals surface area contributed by atoms with E-state index in [1.54, 1.807) is 6.92 Å².